The van der Waals surface area contributed by atoms with E-state index in [2.05, 4.69) is 5.32 Å². The third-order valence-electron chi connectivity index (χ3n) is 2.40. The van der Waals surface area contributed by atoms with Crippen molar-refractivity contribution in [3.05, 3.63) is 24.2 Å². The van der Waals surface area contributed by atoms with Crippen LogP contribution in [-0.4, -0.2) is 29.2 Å². The van der Waals surface area contributed by atoms with E-state index in [-0.39, 0.29) is 0 Å². The van der Waals surface area contributed by atoms with Gasteiger partial charge in [0, 0.05) is 18.3 Å². The number of thioether (sulfide) groups is 1. The van der Waals surface area contributed by atoms with Crippen LogP contribution in [0.5, 0.6) is 0 Å². The van der Waals surface area contributed by atoms with Crippen molar-refractivity contribution in [3.8, 4) is 0 Å². The van der Waals surface area contributed by atoms with Gasteiger partial charge in [0.1, 0.15) is 11.9 Å². The number of hydrogen-bond donors (Lipinski definition) is 2. The molecule has 78 valence electrons. The third kappa shape index (κ3) is 2.53. The summed E-state index contributed by atoms with van der Waals surface area (Å²) in [5, 5.41) is 13.0. The van der Waals surface area contributed by atoms with Crippen molar-refractivity contribution < 1.29 is 9.52 Å². The van der Waals surface area contributed by atoms with Gasteiger partial charge in [0.2, 0.25) is 0 Å². The molecule has 0 bridgehead atoms. The lowest BCUT2D eigenvalue weighted by molar-refractivity contribution is 0.144. The molecule has 1 saturated heterocycles. The standard InChI is InChI=1S/C10H15NO2S/c12-9(10-2-1-4-13-10)6-11-8-3-5-14-7-8/h1-2,4,8-9,11-12H,3,5-7H2. The maximum Gasteiger partial charge on any atom is 0.133 e. The van der Waals surface area contributed by atoms with E-state index in [1.807, 2.05) is 11.8 Å². The van der Waals surface area contributed by atoms with Gasteiger partial charge >= 0.3 is 0 Å². The minimum atomic E-state index is -0.518. The van der Waals surface area contributed by atoms with Crippen LogP contribution in [-0.2, 0) is 0 Å². The molecule has 14 heavy (non-hydrogen) atoms. The molecule has 1 fully saturated rings. The van der Waals surface area contributed by atoms with Crippen LogP contribution in [0, 0.1) is 0 Å². The normalized spacial score (nSPS) is 23.9. The van der Waals surface area contributed by atoms with Crippen LogP contribution in [0.4, 0.5) is 0 Å². The molecular formula is C10H15NO2S. The summed E-state index contributed by atoms with van der Waals surface area (Å²) >= 11 is 1.96. The molecule has 0 amide bonds. The van der Waals surface area contributed by atoms with Gasteiger partial charge in [-0.25, -0.2) is 0 Å². The average Bonchev–Trinajstić information content (AvgIpc) is 2.87. The first-order valence-corrected chi connectivity index (χ1v) is 6.04. The Hall–Kier alpha value is -0.450. The van der Waals surface area contributed by atoms with Crippen molar-refractivity contribution in [1.82, 2.24) is 5.32 Å². The van der Waals surface area contributed by atoms with Gasteiger partial charge in [-0.05, 0) is 24.3 Å². The van der Waals surface area contributed by atoms with E-state index in [0.29, 0.717) is 18.3 Å². The number of furan rings is 1. The highest BCUT2D eigenvalue weighted by Gasteiger charge is 2.17. The fraction of sp³-hybridized carbons (Fsp3) is 0.600. The fourth-order valence-electron chi connectivity index (χ4n) is 1.56. The lowest BCUT2D eigenvalue weighted by Gasteiger charge is -2.13. The van der Waals surface area contributed by atoms with Crippen LogP contribution in [0.2, 0.25) is 0 Å². The summed E-state index contributed by atoms with van der Waals surface area (Å²) in [6.07, 6.45) is 2.27. The smallest absolute Gasteiger partial charge is 0.133 e. The zero-order valence-electron chi connectivity index (χ0n) is 7.98. The molecule has 3 nitrogen and oxygen atoms in total. The molecule has 0 aliphatic carbocycles. The molecule has 1 aromatic heterocycles. The highest BCUT2D eigenvalue weighted by molar-refractivity contribution is 7.99. The summed E-state index contributed by atoms with van der Waals surface area (Å²) in [6, 6.07) is 4.16. The quantitative estimate of drug-likeness (QED) is 0.793. The van der Waals surface area contributed by atoms with Gasteiger partial charge in [0.05, 0.1) is 6.26 Å². The summed E-state index contributed by atoms with van der Waals surface area (Å²) in [5.41, 5.74) is 0. The molecule has 1 aliphatic heterocycles. The van der Waals surface area contributed by atoms with Gasteiger partial charge in [-0.3, -0.25) is 0 Å². The van der Waals surface area contributed by atoms with Gasteiger partial charge in [0.25, 0.3) is 0 Å². The van der Waals surface area contributed by atoms with Crippen LogP contribution in [0.1, 0.15) is 18.3 Å². The van der Waals surface area contributed by atoms with Gasteiger partial charge < -0.3 is 14.8 Å². The van der Waals surface area contributed by atoms with Crippen LogP contribution in [0.25, 0.3) is 0 Å². The molecule has 2 N–H and O–H groups in total. The molecule has 4 heteroatoms. The molecule has 0 radical (unpaired) electrons. The maximum absolute atomic E-state index is 9.71. The summed E-state index contributed by atoms with van der Waals surface area (Å²) < 4.78 is 5.12. The van der Waals surface area contributed by atoms with Gasteiger partial charge in [-0.1, -0.05) is 0 Å². The van der Waals surface area contributed by atoms with E-state index in [4.69, 9.17) is 4.42 Å². The Morgan fingerprint density at radius 1 is 1.71 bits per heavy atom. The first kappa shape index (κ1) is 10.1. The Bertz CT molecular complexity index is 257. The van der Waals surface area contributed by atoms with Crippen molar-refractivity contribution in [2.24, 2.45) is 0 Å². The van der Waals surface area contributed by atoms with E-state index in [0.717, 1.165) is 5.75 Å². The minimum Gasteiger partial charge on any atom is -0.467 e. The predicted octanol–water partition coefficient (Wildman–Crippen LogP) is 1.41. The lowest BCUT2D eigenvalue weighted by Crippen LogP contribution is -2.32. The third-order valence-corrected chi connectivity index (χ3v) is 3.56. The lowest BCUT2D eigenvalue weighted by atomic mass is 10.2. The molecule has 2 unspecified atom stereocenters. The second kappa shape index (κ2) is 4.87. The van der Waals surface area contributed by atoms with Crippen LogP contribution in [0.3, 0.4) is 0 Å². The Labute approximate surface area is 87.9 Å². The molecule has 2 atom stereocenters. The highest BCUT2D eigenvalue weighted by atomic mass is 32.2. The number of rotatable bonds is 4. The monoisotopic (exact) mass is 213 g/mol. The Kier molecular flexibility index (Phi) is 3.50. The molecule has 0 saturated carbocycles. The summed E-state index contributed by atoms with van der Waals surface area (Å²) in [5.74, 6) is 3.03. The van der Waals surface area contributed by atoms with Crippen molar-refractivity contribution in [2.45, 2.75) is 18.6 Å². The molecule has 1 aliphatic rings. The van der Waals surface area contributed by atoms with Crippen molar-refractivity contribution in [2.75, 3.05) is 18.1 Å². The Balaban J connectivity index is 1.74. The molecule has 2 rings (SSSR count). The molecular weight excluding hydrogens is 198 g/mol. The first-order chi connectivity index (χ1) is 6.86. The van der Waals surface area contributed by atoms with Gasteiger partial charge in [0.15, 0.2) is 0 Å². The summed E-state index contributed by atoms with van der Waals surface area (Å²) in [7, 11) is 0. The van der Waals surface area contributed by atoms with E-state index in [9.17, 15) is 5.11 Å². The Morgan fingerprint density at radius 2 is 2.64 bits per heavy atom. The second-order valence-corrected chi connectivity index (χ2v) is 4.65. The summed E-state index contributed by atoms with van der Waals surface area (Å²) in [4.78, 5) is 0. The number of nitrogens with one attached hydrogen (secondary N) is 1. The second-order valence-electron chi connectivity index (χ2n) is 3.50. The summed E-state index contributed by atoms with van der Waals surface area (Å²) in [6.45, 7) is 0.582. The molecule has 0 aromatic carbocycles. The van der Waals surface area contributed by atoms with Crippen LogP contribution in [0.15, 0.2) is 22.8 Å². The highest BCUT2D eigenvalue weighted by Crippen LogP contribution is 2.18. The number of hydrogen-bond acceptors (Lipinski definition) is 4. The van der Waals surface area contributed by atoms with Crippen molar-refractivity contribution in [3.63, 3.8) is 0 Å². The van der Waals surface area contributed by atoms with E-state index >= 15 is 0 Å². The number of aliphatic hydroxyl groups excluding tert-OH is 1. The molecule has 0 spiro atoms. The predicted molar refractivity (Wildman–Crippen MR) is 57.4 cm³/mol. The maximum atomic E-state index is 9.71. The van der Waals surface area contributed by atoms with E-state index in [1.54, 1.807) is 18.4 Å². The van der Waals surface area contributed by atoms with Gasteiger partial charge in [-0.2, -0.15) is 11.8 Å². The van der Waals surface area contributed by atoms with E-state index < -0.39 is 6.10 Å². The van der Waals surface area contributed by atoms with Crippen molar-refractivity contribution in [1.29, 1.82) is 0 Å². The molecule has 2 heterocycles. The van der Waals surface area contributed by atoms with Crippen molar-refractivity contribution >= 4 is 11.8 Å². The Morgan fingerprint density at radius 3 is 3.29 bits per heavy atom. The largest absolute Gasteiger partial charge is 0.467 e. The van der Waals surface area contributed by atoms with E-state index in [1.165, 1.54) is 12.2 Å². The average molecular weight is 213 g/mol. The first-order valence-electron chi connectivity index (χ1n) is 4.89. The zero-order chi connectivity index (χ0) is 9.80. The fourth-order valence-corrected chi connectivity index (χ4v) is 2.74. The van der Waals surface area contributed by atoms with Crippen LogP contribution >= 0.6 is 11.8 Å². The number of aliphatic hydroxyl groups is 1. The zero-order valence-corrected chi connectivity index (χ0v) is 8.80. The minimum absolute atomic E-state index is 0.518. The topological polar surface area (TPSA) is 45.4 Å². The van der Waals surface area contributed by atoms with Gasteiger partial charge in [-0.15, -0.1) is 0 Å². The van der Waals surface area contributed by atoms with Crippen LogP contribution < -0.4 is 5.32 Å². The SMILES string of the molecule is OC(CNC1CCSC1)c1ccco1. The molecule has 1 aromatic rings.